The van der Waals surface area contributed by atoms with Gasteiger partial charge >= 0.3 is 5.97 Å². The lowest BCUT2D eigenvalue weighted by molar-refractivity contribution is -0.147. The van der Waals surface area contributed by atoms with Gasteiger partial charge in [-0.1, -0.05) is 0 Å². The third-order valence-electron chi connectivity index (χ3n) is 2.71. The summed E-state index contributed by atoms with van der Waals surface area (Å²) in [6.45, 7) is 5.60. The van der Waals surface area contributed by atoms with Gasteiger partial charge in [-0.2, -0.15) is 0 Å². The highest BCUT2D eigenvalue weighted by Crippen LogP contribution is 2.21. The molecule has 0 saturated heterocycles. The minimum atomic E-state index is -0.967. The van der Waals surface area contributed by atoms with Crippen LogP contribution in [0.2, 0.25) is 0 Å². The molecule has 5 heteroatoms. The second kappa shape index (κ2) is 4.65. The van der Waals surface area contributed by atoms with E-state index in [9.17, 15) is 4.79 Å². The maximum atomic E-state index is 11.5. The highest BCUT2D eigenvalue weighted by molar-refractivity contribution is 5.79. The Bertz CT molecular complexity index is 371. The number of esters is 1. The first-order chi connectivity index (χ1) is 7.38. The molecule has 0 aromatic carbocycles. The van der Waals surface area contributed by atoms with E-state index in [4.69, 9.17) is 5.73 Å². The number of hydrogen-bond donors (Lipinski definition) is 1. The van der Waals surface area contributed by atoms with Crippen LogP contribution in [0.3, 0.4) is 0 Å². The number of ether oxygens (including phenoxy) is 1. The quantitative estimate of drug-likeness (QED) is 0.777. The second-order valence-corrected chi connectivity index (χ2v) is 4.34. The number of carbonyl (C=O) groups is 1. The van der Waals surface area contributed by atoms with Crippen LogP contribution in [0.25, 0.3) is 0 Å². The molecule has 0 radical (unpaired) electrons. The Morgan fingerprint density at radius 2 is 2.38 bits per heavy atom. The van der Waals surface area contributed by atoms with Crippen molar-refractivity contribution in [2.75, 3.05) is 7.11 Å². The van der Waals surface area contributed by atoms with Gasteiger partial charge in [0.1, 0.15) is 11.4 Å². The lowest BCUT2D eigenvalue weighted by Gasteiger charge is -2.26. The topological polar surface area (TPSA) is 70.1 Å². The fraction of sp³-hybridized carbons (Fsp3) is 0.636. The van der Waals surface area contributed by atoms with E-state index in [2.05, 4.69) is 9.72 Å². The van der Waals surface area contributed by atoms with Crippen LogP contribution in [0.1, 0.15) is 32.1 Å². The maximum absolute atomic E-state index is 11.5. The van der Waals surface area contributed by atoms with Crippen LogP contribution < -0.4 is 5.73 Å². The van der Waals surface area contributed by atoms with Gasteiger partial charge in [-0.05, 0) is 27.2 Å². The smallest absolute Gasteiger partial charge is 0.325 e. The minimum absolute atomic E-state index is 0.108. The summed E-state index contributed by atoms with van der Waals surface area (Å²) in [5, 5.41) is 0. The van der Waals surface area contributed by atoms with Crippen LogP contribution in [0.4, 0.5) is 0 Å². The zero-order chi connectivity index (χ0) is 12.3. The number of rotatable bonds is 4. The van der Waals surface area contributed by atoms with Crippen LogP contribution in [0.5, 0.6) is 0 Å². The summed E-state index contributed by atoms with van der Waals surface area (Å²) in [5.41, 5.74) is 4.95. The molecule has 0 spiro atoms. The van der Waals surface area contributed by atoms with E-state index >= 15 is 0 Å². The van der Waals surface area contributed by atoms with Crippen molar-refractivity contribution in [3.8, 4) is 0 Å². The van der Waals surface area contributed by atoms with E-state index < -0.39 is 11.5 Å². The number of imidazole rings is 1. The highest BCUT2D eigenvalue weighted by atomic mass is 16.5. The largest absolute Gasteiger partial charge is 0.468 e. The molecule has 1 aromatic rings. The standard InChI is InChI=1S/C11H19N3O2/c1-8(14-6-5-13-9(14)2)7-11(3,12)10(15)16-4/h5-6,8H,7,12H2,1-4H3. The maximum Gasteiger partial charge on any atom is 0.325 e. The van der Waals surface area contributed by atoms with E-state index in [0.29, 0.717) is 6.42 Å². The molecule has 0 amide bonds. The van der Waals surface area contributed by atoms with Gasteiger partial charge in [-0.25, -0.2) is 4.98 Å². The van der Waals surface area contributed by atoms with Gasteiger partial charge in [0, 0.05) is 18.4 Å². The zero-order valence-corrected chi connectivity index (χ0v) is 10.2. The molecule has 0 aliphatic carbocycles. The number of nitrogens with two attached hydrogens (primary N) is 1. The van der Waals surface area contributed by atoms with Crippen molar-refractivity contribution >= 4 is 5.97 Å². The first-order valence-corrected chi connectivity index (χ1v) is 5.25. The summed E-state index contributed by atoms with van der Waals surface area (Å²) in [7, 11) is 1.35. The summed E-state index contributed by atoms with van der Waals surface area (Å²) in [4.78, 5) is 15.6. The summed E-state index contributed by atoms with van der Waals surface area (Å²) in [6, 6.07) is 0.108. The van der Waals surface area contributed by atoms with Crippen LogP contribution in [-0.2, 0) is 9.53 Å². The van der Waals surface area contributed by atoms with E-state index in [1.807, 2.05) is 24.6 Å². The molecule has 0 saturated carbocycles. The predicted molar refractivity (Wildman–Crippen MR) is 60.9 cm³/mol. The molecule has 2 unspecified atom stereocenters. The van der Waals surface area contributed by atoms with Gasteiger partial charge in [0.2, 0.25) is 0 Å². The van der Waals surface area contributed by atoms with E-state index in [1.54, 1.807) is 13.1 Å². The average molecular weight is 225 g/mol. The average Bonchev–Trinajstić information content (AvgIpc) is 2.62. The highest BCUT2D eigenvalue weighted by Gasteiger charge is 2.31. The molecule has 1 rings (SSSR count). The first-order valence-electron chi connectivity index (χ1n) is 5.25. The summed E-state index contributed by atoms with van der Waals surface area (Å²) in [6.07, 6.45) is 4.13. The van der Waals surface area contributed by atoms with E-state index in [-0.39, 0.29) is 6.04 Å². The van der Waals surface area contributed by atoms with Crippen molar-refractivity contribution in [3.05, 3.63) is 18.2 Å². The third-order valence-corrected chi connectivity index (χ3v) is 2.71. The fourth-order valence-corrected chi connectivity index (χ4v) is 1.88. The number of carbonyl (C=O) groups excluding carboxylic acids is 1. The van der Waals surface area contributed by atoms with Gasteiger partial charge in [-0.15, -0.1) is 0 Å². The van der Waals surface area contributed by atoms with Crippen LogP contribution in [-0.4, -0.2) is 28.2 Å². The molecule has 2 atom stereocenters. The third kappa shape index (κ3) is 2.61. The molecule has 1 aromatic heterocycles. The minimum Gasteiger partial charge on any atom is -0.468 e. The van der Waals surface area contributed by atoms with Crippen molar-refractivity contribution in [2.24, 2.45) is 5.73 Å². The van der Waals surface area contributed by atoms with E-state index in [0.717, 1.165) is 5.82 Å². The molecule has 16 heavy (non-hydrogen) atoms. The molecule has 5 nitrogen and oxygen atoms in total. The number of aromatic nitrogens is 2. The summed E-state index contributed by atoms with van der Waals surface area (Å²) >= 11 is 0. The van der Waals surface area contributed by atoms with Crippen LogP contribution in [0.15, 0.2) is 12.4 Å². The van der Waals surface area contributed by atoms with Gasteiger partial charge in [-0.3, -0.25) is 4.79 Å². The zero-order valence-electron chi connectivity index (χ0n) is 10.2. The summed E-state index contributed by atoms with van der Waals surface area (Å²) < 4.78 is 6.67. The van der Waals surface area contributed by atoms with Crippen LogP contribution in [0, 0.1) is 6.92 Å². The van der Waals surface area contributed by atoms with Gasteiger partial charge in [0.25, 0.3) is 0 Å². The van der Waals surface area contributed by atoms with Gasteiger partial charge in [0.05, 0.1) is 7.11 Å². The number of hydrogen-bond acceptors (Lipinski definition) is 4. The van der Waals surface area contributed by atoms with Crippen molar-refractivity contribution in [1.29, 1.82) is 0 Å². The molecule has 2 N–H and O–H groups in total. The normalized spacial score (nSPS) is 16.6. The van der Waals surface area contributed by atoms with Crippen molar-refractivity contribution in [1.82, 2.24) is 9.55 Å². The van der Waals surface area contributed by atoms with Crippen LogP contribution >= 0.6 is 0 Å². The monoisotopic (exact) mass is 225 g/mol. The first kappa shape index (κ1) is 12.7. The summed E-state index contributed by atoms with van der Waals surface area (Å²) in [5.74, 6) is 0.519. The Kier molecular flexibility index (Phi) is 3.70. The molecule has 0 aliphatic rings. The molecule has 90 valence electrons. The number of nitrogens with zero attached hydrogens (tertiary/aromatic N) is 2. The molecular formula is C11H19N3O2. The molecule has 0 bridgehead atoms. The molecule has 1 heterocycles. The Labute approximate surface area is 95.6 Å². The van der Waals surface area contributed by atoms with E-state index in [1.165, 1.54) is 7.11 Å². The van der Waals surface area contributed by atoms with Crippen molar-refractivity contribution in [3.63, 3.8) is 0 Å². The lowest BCUT2D eigenvalue weighted by atomic mass is 9.95. The van der Waals surface area contributed by atoms with Gasteiger partial charge < -0.3 is 15.0 Å². The Hall–Kier alpha value is -1.36. The SMILES string of the molecule is COC(=O)C(C)(N)CC(C)n1ccnc1C. The lowest BCUT2D eigenvalue weighted by Crippen LogP contribution is -2.47. The van der Waals surface area contributed by atoms with Crippen molar-refractivity contribution < 1.29 is 9.53 Å². The van der Waals surface area contributed by atoms with Gasteiger partial charge in [0.15, 0.2) is 0 Å². The Morgan fingerprint density at radius 1 is 1.75 bits per heavy atom. The number of aryl methyl sites for hydroxylation is 1. The fourth-order valence-electron chi connectivity index (χ4n) is 1.88. The predicted octanol–water partition coefficient (Wildman–Crippen LogP) is 1.03. The van der Waals surface area contributed by atoms with Crippen molar-refractivity contribution in [2.45, 2.75) is 38.8 Å². The molecule has 0 aliphatic heterocycles. The Morgan fingerprint density at radius 3 is 2.81 bits per heavy atom. The molecular weight excluding hydrogens is 206 g/mol. The number of methoxy groups -OCH3 is 1. The second-order valence-electron chi connectivity index (χ2n) is 4.34. The Balaban J connectivity index is 2.75. The molecule has 0 fully saturated rings.